The topological polar surface area (TPSA) is 3.24 Å². The molecule has 0 atom stereocenters. The van der Waals surface area contributed by atoms with Crippen LogP contribution in [0.1, 0.15) is 30.5 Å². The summed E-state index contributed by atoms with van der Waals surface area (Å²) in [6.07, 6.45) is 0. The Morgan fingerprint density at radius 3 is 2.04 bits per heavy atom. The second-order valence-corrected chi connectivity index (χ2v) is 15.1. The predicted molar refractivity (Wildman–Crippen MR) is 216 cm³/mol. The first kappa shape index (κ1) is 29.2. The Bertz CT molecular complexity index is 2780. The van der Waals surface area contributed by atoms with Crippen molar-refractivity contribution in [2.45, 2.75) is 25.8 Å². The summed E-state index contributed by atoms with van der Waals surface area (Å²) in [5.74, 6) is 0. The van der Waals surface area contributed by atoms with Crippen molar-refractivity contribution in [3.63, 3.8) is 0 Å². The van der Waals surface area contributed by atoms with Gasteiger partial charge in [-0.05, 0) is 79.2 Å². The molecule has 9 aromatic rings. The molecule has 1 aliphatic rings. The highest BCUT2D eigenvalue weighted by atomic mass is 32.1. The maximum Gasteiger partial charge on any atom is 0.0496 e. The largest absolute Gasteiger partial charge is 0.336 e. The molecule has 0 saturated carbocycles. The van der Waals surface area contributed by atoms with Crippen molar-refractivity contribution in [2.75, 3.05) is 4.90 Å². The molecule has 2 heteroatoms. The Morgan fingerprint density at radius 2 is 1.16 bits per heavy atom. The third-order valence-electron chi connectivity index (χ3n) is 11.0. The van der Waals surface area contributed by atoms with Crippen LogP contribution < -0.4 is 4.90 Å². The van der Waals surface area contributed by atoms with Crippen LogP contribution >= 0.6 is 11.3 Å². The molecule has 50 heavy (non-hydrogen) atoms. The standard InChI is InChI=1S/C48H35NS/c1-48(2)42-22-10-9-20-40(42)46-43(48)23-12-24-44(46)49(30-33-15-5-7-18-36(33)38-21-11-16-31-13-3-6-17-35(31)38)34-26-28-45-41(29-34)39-27-25-32-14-4-8-19-37(32)47(39)50-45/h3-29H,30H2,1-2H3. The van der Waals surface area contributed by atoms with Crippen LogP contribution in [0.4, 0.5) is 11.4 Å². The van der Waals surface area contributed by atoms with Crippen LogP contribution in [0.15, 0.2) is 164 Å². The number of benzene rings is 8. The molecule has 238 valence electrons. The van der Waals surface area contributed by atoms with E-state index < -0.39 is 0 Å². The number of rotatable bonds is 5. The van der Waals surface area contributed by atoms with Gasteiger partial charge in [-0.3, -0.25) is 0 Å². The van der Waals surface area contributed by atoms with Gasteiger partial charge in [-0.1, -0.05) is 153 Å². The first-order chi connectivity index (χ1) is 24.6. The smallest absolute Gasteiger partial charge is 0.0496 e. The molecule has 0 N–H and O–H groups in total. The van der Waals surface area contributed by atoms with Crippen LogP contribution in [0, 0.1) is 0 Å². The third-order valence-corrected chi connectivity index (χ3v) is 12.2. The highest BCUT2D eigenvalue weighted by Crippen LogP contribution is 2.53. The molecule has 0 bridgehead atoms. The van der Waals surface area contributed by atoms with Gasteiger partial charge < -0.3 is 4.90 Å². The van der Waals surface area contributed by atoms with Gasteiger partial charge in [0.2, 0.25) is 0 Å². The van der Waals surface area contributed by atoms with Crippen LogP contribution in [0.5, 0.6) is 0 Å². The molecule has 10 rings (SSSR count). The Morgan fingerprint density at radius 1 is 0.500 bits per heavy atom. The maximum atomic E-state index is 2.57. The second-order valence-electron chi connectivity index (χ2n) is 14.1. The van der Waals surface area contributed by atoms with Gasteiger partial charge in [0.05, 0.1) is 0 Å². The summed E-state index contributed by atoms with van der Waals surface area (Å²) in [7, 11) is 0. The molecule has 0 radical (unpaired) electrons. The van der Waals surface area contributed by atoms with Crippen molar-refractivity contribution in [3.05, 3.63) is 180 Å². The minimum absolute atomic E-state index is 0.0803. The second kappa shape index (κ2) is 11.2. The van der Waals surface area contributed by atoms with Crippen LogP contribution in [0.2, 0.25) is 0 Å². The Balaban J connectivity index is 1.21. The van der Waals surface area contributed by atoms with Gasteiger partial charge in [-0.15, -0.1) is 11.3 Å². The fraction of sp³-hybridized carbons (Fsp3) is 0.0833. The summed E-state index contributed by atoms with van der Waals surface area (Å²) in [4.78, 5) is 2.57. The van der Waals surface area contributed by atoms with Crippen molar-refractivity contribution >= 4 is 64.4 Å². The van der Waals surface area contributed by atoms with Crippen molar-refractivity contribution in [1.29, 1.82) is 0 Å². The van der Waals surface area contributed by atoms with Crippen LogP contribution in [-0.2, 0) is 12.0 Å². The lowest BCUT2D eigenvalue weighted by Gasteiger charge is -2.30. The van der Waals surface area contributed by atoms with Gasteiger partial charge in [-0.2, -0.15) is 0 Å². The van der Waals surface area contributed by atoms with E-state index in [9.17, 15) is 0 Å². The zero-order chi connectivity index (χ0) is 33.4. The number of anilines is 2. The lowest BCUT2D eigenvalue weighted by atomic mass is 9.82. The lowest BCUT2D eigenvalue weighted by molar-refractivity contribution is 0.660. The van der Waals surface area contributed by atoms with Crippen LogP contribution in [0.3, 0.4) is 0 Å². The molecule has 0 aliphatic heterocycles. The quantitative estimate of drug-likeness (QED) is 0.178. The average molecular weight is 658 g/mol. The Labute approximate surface area is 296 Å². The minimum atomic E-state index is -0.0803. The minimum Gasteiger partial charge on any atom is -0.336 e. The van der Waals surface area contributed by atoms with E-state index >= 15 is 0 Å². The first-order valence-electron chi connectivity index (χ1n) is 17.5. The zero-order valence-electron chi connectivity index (χ0n) is 28.2. The van der Waals surface area contributed by atoms with Crippen molar-refractivity contribution in [3.8, 4) is 22.3 Å². The van der Waals surface area contributed by atoms with Crippen molar-refractivity contribution < 1.29 is 0 Å². The molecule has 1 heterocycles. The summed E-state index contributed by atoms with van der Waals surface area (Å²) in [6, 6.07) is 60.8. The van der Waals surface area contributed by atoms with Crippen molar-refractivity contribution in [2.24, 2.45) is 0 Å². The molecule has 1 aromatic heterocycles. The van der Waals surface area contributed by atoms with E-state index in [1.165, 1.54) is 92.0 Å². The van der Waals surface area contributed by atoms with Gasteiger partial charge in [0.25, 0.3) is 0 Å². The van der Waals surface area contributed by atoms with Crippen LogP contribution in [-0.4, -0.2) is 0 Å². The molecule has 0 amide bonds. The summed E-state index contributed by atoms with van der Waals surface area (Å²) >= 11 is 1.90. The molecule has 0 spiro atoms. The van der Waals surface area contributed by atoms with Gasteiger partial charge in [0.15, 0.2) is 0 Å². The van der Waals surface area contributed by atoms with E-state index in [0.29, 0.717) is 0 Å². The number of nitrogens with zero attached hydrogens (tertiary/aromatic N) is 1. The molecule has 0 saturated heterocycles. The Hall–Kier alpha value is -5.70. The van der Waals surface area contributed by atoms with Crippen LogP contribution in [0.25, 0.3) is 64.0 Å². The van der Waals surface area contributed by atoms with E-state index in [1.54, 1.807) is 0 Å². The lowest BCUT2D eigenvalue weighted by Crippen LogP contribution is -2.19. The van der Waals surface area contributed by atoms with Gasteiger partial charge in [0.1, 0.15) is 0 Å². The fourth-order valence-electron chi connectivity index (χ4n) is 8.49. The first-order valence-corrected chi connectivity index (χ1v) is 18.3. The monoisotopic (exact) mass is 657 g/mol. The normalized spacial score (nSPS) is 13.2. The molecular formula is C48H35NS. The number of hydrogen-bond donors (Lipinski definition) is 0. The summed E-state index contributed by atoms with van der Waals surface area (Å²) in [5, 5.41) is 7.80. The SMILES string of the molecule is CC1(C)c2ccccc2-c2c(N(Cc3ccccc3-c3cccc4ccccc34)c3ccc4sc5c6ccccc6ccc5c4c3)cccc21. The van der Waals surface area contributed by atoms with Crippen molar-refractivity contribution in [1.82, 2.24) is 0 Å². The highest BCUT2D eigenvalue weighted by Gasteiger charge is 2.37. The third kappa shape index (κ3) is 4.38. The molecule has 1 aliphatic carbocycles. The highest BCUT2D eigenvalue weighted by molar-refractivity contribution is 7.26. The number of thiophene rings is 1. The summed E-state index contributed by atoms with van der Waals surface area (Å²) < 4.78 is 2.68. The van der Waals surface area contributed by atoms with E-state index in [1.807, 2.05) is 11.3 Å². The van der Waals surface area contributed by atoms with E-state index in [2.05, 4.69) is 183 Å². The zero-order valence-corrected chi connectivity index (χ0v) is 29.0. The van der Waals surface area contributed by atoms with Gasteiger partial charge in [-0.25, -0.2) is 0 Å². The Kier molecular flexibility index (Phi) is 6.53. The maximum absolute atomic E-state index is 2.57. The van der Waals surface area contributed by atoms with E-state index in [4.69, 9.17) is 0 Å². The summed E-state index contributed by atoms with van der Waals surface area (Å²) in [6.45, 7) is 5.47. The number of fused-ring (bicyclic) bond motifs is 9. The molecule has 0 unspecified atom stereocenters. The fourth-order valence-corrected chi connectivity index (χ4v) is 9.71. The molecular weight excluding hydrogens is 623 g/mol. The number of hydrogen-bond acceptors (Lipinski definition) is 2. The molecule has 0 fully saturated rings. The summed E-state index contributed by atoms with van der Waals surface area (Å²) in [5.41, 5.74) is 11.7. The van der Waals surface area contributed by atoms with E-state index in [0.717, 1.165) is 6.54 Å². The molecule has 1 nitrogen and oxygen atoms in total. The molecule has 8 aromatic carbocycles. The van der Waals surface area contributed by atoms with Gasteiger partial charge >= 0.3 is 0 Å². The average Bonchev–Trinajstić information content (AvgIpc) is 3.66. The van der Waals surface area contributed by atoms with E-state index in [-0.39, 0.29) is 5.41 Å². The van der Waals surface area contributed by atoms with Gasteiger partial charge in [0, 0.05) is 49.1 Å². The predicted octanol–water partition coefficient (Wildman–Crippen LogP) is 13.7.